The molecule has 1 aromatic carbocycles. The van der Waals surface area contributed by atoms with Gasteiger partial charge in [-0.15, -0.1) is 0 Å². The molecule has 5 heteroatoms. The van der Waals surface area contributed by atoms with E-state index in [0.717, 1.165) is 23.1 Å². The molecule has 1 rings (SSSR count). The van der Waals surface area contributed by atoms with E-state index in [-0.39, 0.29) is 12.5 Å². The maximum atomic E-state index is 9.02. The Morgan fingerprint density at radius 1 is 1.42 bits per heavy atom. The first-order chi connectivity index (χ1) is 9.12. The van der Waals surface area contributed by atoms with Crippen molar-refractivity contribution in [3.63, 3.8) is 0 Å². The Morgan fingerprint density at radius 3 is 2.74 bits per heavy atom. The zero-order chi connectivity index (χ0) is 14.3. The number of hydrogen-bond donors (Lipinski definition) is 2. The molecule has 108 valence electrons. The monoisotopic (exact) mass is 331 g/mol. The summed E-state index contributed by atoms with van der Waals surface area (Å²) in [6, 6.07) is 3.98. The number of aliphatic hydroxyl groups is 1. The van der Waals surface area contributed by atoms with Crippen molar-refractivity contribution in [3.05, 3.63) is 22.2 Å². The minimum absolute atomic E-state index is 0.0954. The van der Waals surface area contributed by atoms with Crippen LogP contribution < -0.4 is 14.8 Å². The first-order valence-electron chi connectivity index (χ1n) is 6.43. The highest BCUT2D eigenvalue weighted by Gasteiger charge is 2.13. The van der Waals surface area contributed by atoms with Gasteiger partial charge in [-0.05, 0) is 40.2 Å². The van der Waals surface area contributed by atoms with Gasteiger partial charge >= 0.3 is 0 Å². The summed E-state index contributed by atoms with van der Waals surface area (Å²) < 4.78 is 12.0. The molecule has 4 nitrogen and oxygen atoms in total. The number of methoxy groups -OCH3 is 1. The lowest BCUT2D eigenvalue weighted by molar-refractivity contribution is 0.170. The smallest absolute Gasteiger partial charge is 0.175 e. The first-order valence-corrected chi connectivity index (χ1v) is 7.22. The molecule has 0 radical (unpaired) electrons. The summed E-state index contributed by atoms with van der Waals surface area (Å²) in [5.41, 5.74) is 1.13. The van der Waals surface area contributed by atoms with Gasteiger partial charge in [-0.2, -0.15) is 0 Å². The molecule has 2 N–H and O–H groups in total. The fourth-order valence-corrected chi connectivity index (χ4v) is 2.17. The number of ether oxygens (including phenoxy) is 2. The second kappa shape index (κ2) is 8.40. The molecular formula is C14H22BrNO3. The summed E-state index contributed by atoms with van der Waals surface area (Å²) in [5.74, 6) is 1.48. The predicted octanol–water partition coefficient (Wildman–Crippen LogP) is 2.57. The van der Waals surface area contributed by atoms with E-state index in [2.05, 4.69) is 28.2 Å². The third-order valence-corrected chi connectivity index (χ3v) is 3.28. The van der Waals surface area contributed by atoms with Crippen molar-refractivity contribution < 1.29 is 14.6 Å². The molecule has 0 aromatic heterocycles. The molecule has 0 aliphatic carbocycles. The zero-order valence-electron chi connectivity index (χ0n) is 11.7. The summed E-state index contributed by atoms with van der Waals surface area (Å²) in [5, 5.41) is 12.3. The average Bonchev–Trinajstić information content (AvgIpc) is 2.42. The highest BCUT2D eigenvalue weighted by Crippen LogP contribution is 2.36. The van der Waals surface area contributed by atoms with E-state index in [4.69, 9.17) is 14.6 Å². The lowest BCUT2D eigenvalue weighted by Crippen LogP contribution is -2.14. The van der Waals surface area contributed by atoms with Gasteiger partial charge in [0.2, 0.25) is 0 Å². The lowest BCUT2D eigenvalue weighted by atomic mass is 10.2. The predicted molar refractivity (Wildman–Crippen MR) is 79.8 cm³/mol. The van der Waals surface area contributed by atoms with Crippen LogP contribution in [0.15, 0.2) is 16.6 Å². The van der Waals surface area contributed by atoms with Crippen molar-refractivity contribution in [2.24, 2.45) is 5.92 Å². The zero-order valence-corrected chi connectivity index (χ0v) is 13.3. The fourth-order valence-electron chi connectivity index (χ4n) is 1.56. The van der Waals surface area contributed by atoms with E-state index in [1.807, 2.05) is 19.1 Å². The molecule has 0 fully saturated rings. The van der Waals surface area contributed by atoms with E-state index in [9.17, 15) is 0 Å². The summed E-state index contributed by atoms with van der Waals surface area (Å²) in [6.07, 6.45) is 0. The third-order valence-electron chi connectivity index (χ3n) is 2.69. The topological polar surface area (TPSA) is 50.7 Å². The Morgan fingerprint density at radius 2 is 2.16 bits per heavy atom. The molecule has 19 heavy (non-hydrogen) atoms. The number of nitrogens with one attached hydrogen (secondary N) is 1. The molecule has 0 amide bonds. The van der Waals surface area contributed by atoms with Gasteiger partial charge in [0.05, 0.1) is 18.2 Å². The van der Waals surface area contributed by atoms with Crippen molar-refractivity contribution >= 4 is 15.9 Å². The van der Waals surface area contributed by atoms with E-state index in [1.54, 1.807) is 7.11 Å². The fraction of sp³-hybridized carbons (Fsp3) is 0.571. The standard InChI is InChI=1S/C14H22BrNO3/c1-4-16-7-11-5-12(15)14(13(6-11)18-3)19-9-10(2)8-17/h5-6,10,16-17H,4,7-9H2,1-3H3. The van der Waals surface area contributed by atoms with Crippen molar-refractivity contribution in [2.75, 3.05) is 26.9 Å². The van der Waals surface area contributed by atoms with Gasteiger partial charge < -0.3 is 19.9 Å². The van der Waals surface area contributed by atoms with Crippen LogP contribution in [0.1, 0.15) is 19.4 Å². The maximum absolute atomic E-state index is 9.02. The quantitative estimate of drug-likeness (QED) is 0.768. The van der Waals surface area contributed by atoms with Gasteiger partial charge in [0, 0.05) is 19.1 Å². The number of rotatable bonds is 8. The second-order valence-corrected chi connectivity index (χ2v) is 5.34. The van der Waals surface area contributed by atoms with E-state index < -0.39 is 0 Å². The van der Waals surface area contributed by atoms with Crippen LogP contribution in [-0.2, 0) is 6.54 Å². The van der Waals surface area contributed by atoms with Crippen molar-refractivity contribution in [3.8, 4) is 11.5 Å². The Labute approximate surface area is 123 Å². The molecule has 0 bridgehead atoms. The highest BCUT2D eigenvalue weighted by atomic mass is 79.9. The normalized spacial score (nSPS) is 12.3. The van der Waals surface area contributed by atoms with Crippen molar-refractivity contribution in [1.82, 2.24) is 5.32 Å². The number of hydrogen-bond acceptors (Lipinski definition) is 4. The Hall–Kier alpha value is -0.780. The van der Waals surface area contributed by atoms with E-state index in [1.165, 1.54) is 0 Å². The van der Waals surface area contributed by atoms with E-state index >= 15 is 0 Å². The molecular weight excluding hydrogens is 310 g/mol. The largest absolute Gasteiger partial charge is 0.493 e. The number of benzene rings is 1. The van der Waals surface area contributed by atoms with Crippen LogP contribution in [0.25, 0.3) is 0 Å². The number of halogens is 1. The summed E-state index contributed by atoms with van der Waals surface area (Å²) >= 11 is 3.51. The molecule has 0 aliphatic heterocycles. The lowest BCUT2D eigenvalue weighted by Gasteiger charge is -2.16. The van der Waals surface area contributed by atoms with Crippen LogP contribution in [0.3, 0.4) is 0 Å². The maximum Gasteiger partial charge on any atom is 0.175 e. The molecule has 0 saturated heterocycles. The van der Waals surface area contributed by atoms with Crippen molar-refractivity contribution in [2.45, 2.75) is 20.4 Å². The van der Waals surface area contributed by atoms with Crippen LogP contribution in [0.4, 0.5) is 0 Å². The van der Waals surface area contributed by atoms with E-state index in [0.29, 0.717) is 18.1 Å². The van der Waals surface area contributed by atoms with Gasteiger partial charge in [0.1, 0.15) is 0 Å². The SMILES string of the molecule is CCNCc1cc(Br)c(OCC(C)CO)c(OC)c1. The van der Waals surface area contributed by atoms with Crippen LogP contribution in [0.5, 0.6) is 11.5 Å². The minimum atomic E-state index is 0.0954. The molecule has 1 aromatic rings. The van der Waals surface area contributed by atoms with Gasteiger partial charge in [0.15, 0.2) is 11.5 Å². The Bertz CT molecular complexity index is 399. The number of aliphatic hydroxyl groups excluding tert-OH is 1. The van der Waals surface area contributed by atoms with Crippen LogP contribution in [-0.4, -0.2) is 32.0 Å². The highest BCUT2D eigenvalue weighted by molar-refractivity contribution is 9.10. The first kappa shape index (κ1) is 16.3. The molecule has 1 unspecified atom stereocenters. The Kier molecular flexibility index (Phi) is 7.20. The van der Waals surface area contributed by atoms with Gasteiger partial charge in [-0.3, -0.25) is 0 Å². The third kappa shape index (κ3) is 5.01. The second-order valence-electron chi connectivity index (χ2n) is 4.49. The van der Waals surface area contributed by atoms with Crippen LogP contribution >= 0.6 is 15.9 Å². The summed E-state index contributed by atoms with van der Waals surface area (Å²) in [7, 11) is 1.63. The molecule has 0 saturated carbocycles. The molecule has 0 heterocycles. The van der Waals surface area contributed by atoms with Crippen molar-refractivity contribution in [1.29, 1.82) is 0 Å². The van der Waals surface area contributed by atoms with Crippen LogP contribution in [0, 0.1) is 5.92 Å². The Balaban J connectivity index is 2.85. The van der Waals surface area contributed by atoms with Gasteiger partial charge in [-0.25, -0.2) is 0 Å². The van der Waals surface area contributed by atoms with Gasteiger partial charge in [-0.1, -0.05) is 13.8 Å². The summed E-state index contributed by atoms with van der Waals surface area (Å²) in [6.45, 7) is 6.28. The van der Waals surface area contributed by atoms with Gasteiger partial charge in [0.25, 0.3) is 0 Å². The molecule has 1 atom stereocenters. The molecule has 0 spiro atoms. The summed E-state index contributed by atoms with van der Waals surface area (Å²) in [4.78, 5) is 0. The minimum Gasteiger partial charge on any atom is -0.493 e. The average molecular weight is 332 g/mol. The molecule has 0 aliphatic rings. The van der Waals surface area contributed by atoms with Crippen LogP contribution in [0.2, 0.25) is 0 Å².